The number of carbonyl (C=O) groups is 2. The zero-order valence-corrected chi connectivity index (χ0v) is 18.4. The number of primary amides is 1. The molecular weight excluding hydrogens is 420 g/mol. The number of aromatic nitrogens is 1. The first-order valence-corrected chi connectivity index (χ1v) is 12.2. The maximum absolute atomic E-state index is 13.4. The summed E-state index contributed by atoms with van der Waals surface area (Å²) in [7, 11) is -4.30. The van der Waals surface area contributed by atoms with Gasteiger partial charge in [-0.25, -0.2) is 9.29 Å². The number of pyridine rings is 1. The van der Waals surface area contributed by atoms with Crippen LogP contribution in [0.4, 0.5) is 0 Å². The number of sulfonamides is 1. The molecule has 1 saturated heterocycles. The van der Waals surface area contributed by atoms with Crippen molar-refractivity contribution in [1.29, 1.82) is 0 Å². The Balaban J connectivity index is 1.90. The Labute approximate surface area is 183 Å². The van der Waals surface area contributed by atoms with Crippen LogP contribution < -0.4 is 11.1 Å². The average molecular weight is 452 g/mol. The maximum atomic E-state index is 13.4. The van der Waals surface area contributed by atoms with Crippen LogP contribution in [0, 0.1) is 11.8 Å². The second-order valence-electron chi connectivity index (χ2n) is 8.40. The van der Waals surface area contributed by atoms with Crippen LogP contribution in [0.25, 0.3) is 0 Å². The predicted octanol–water partition coefficient (Wildman–Crippen LogP) is 0.742. The highest BCUT2D eigenvalue weighted by Crippen LogP contribution is 2.40. The third-order valence-corrected chi connectivity index (χ3v) is 8.07. The molecule has 10 heteroatoms. The average Bonchev–Trinajstić information content (AvgIpc) is 2.98. The lowest BCUT2D eigenvalue weighted by atomic mass is 9.70. The summed E-state index contributed by atoms with van der Waals surface area (Å²) >= 11 is 0. The van der Waals surface area contributed by atoms with E-state index >= 15 is 0 Å². The Bertz CT molecular complexity index is 871. The van der Waals surface area contributed by atoms with Gasteiger partial charge in [-0.15, -0.1) is 0 Å². The molecule has 0 bridgehead atoms. The predicted molar refractivity (Wildman–Crippen MR) is 114 cm³/mol. The molecule has 2 aliphatic rings. The van der Waals surface area contributed by atoms with Crippen molar-refractivity contribution in [1.82, 2.24) is 14.6 Å². The van der Waals surface area contributed by atoms with Crippen LogP contribution in [0.2, 0.25) is 0 Å². The van der Waals surface area contributed by atoms with Crippen LogP contribution in [0.1, 0.15) is 51.4 Å². The smallest absolute Gasteiger partial charge is 0.284 e. The fraction of sp³-hybridized carbons (Fsp3) is 0.619. The number of hydrogen-bond acceptors (Lipinski definition) is 7. The van der Waals surface area contributed by atoms with Crippen LogP contribution in [0.15, 0.2) is 29.4 Å². The number of hydrogen-bond donors (Lipinski definition) is 3. The molecule has 1 aliphatic carbocycles. The van der Waals surface area contributed by atoms with Crippen LogP contribution in [0.5, 0.6) is 0 Å². The first kappa shape index (κ1) is 23.6. The molecule has 1 radical (unpaired) electrons. The first-order valence-electron chi connectivity index (χ1n) is 10.8. The number of β-amino-alcohol motifs (C(OH)–C–C–N with tert-alkyl or cyclic N) is 1. The van der Waals surface area contributed by atoms with Crippen LogP contribution in [-0.4, -0.2) is 59.9 Å². The summed E-state index contributed by atoms with van der Waals surface area (Å²) < 4.78 is 27.5. The van der Waals surface area contributed by atoms with Gasteiger partial charge in [0.05, 0.1) is 18.6 Å². The third kappa shape index (κ3) is 5.24. The zero-order valence-electron chi connectivity index (χ0n) is 17.6. The number of nitrogens with one attached hydrogen (secondary N) is 1. The Kier molecular flexibility index (Phi) is 7.66. The summed E-state index contributed by atoms with van der Waals surface area (Å²) in [4.78, 5) is 29.4. The van der Waals surface area contributed by atoms with Gasteiger partial charge in [0.15, 0.2) is 5.03 Å². The quantitative estimate of drug-likeness (QED) is 0.555. The Morgan fingerprint density at radius 3 is 2.65 bits per heavy atom. The topological polar surface area (TPSA) is 143 Å². The summed E-state index contributed by atoms with van der Waals surface area (Å²) in [5.74, 6) is -1.23. The molecule has 1 aromatic rings. The standard InChI is InChI=1S/C21H31N4O5S/c22-20(28)21(10-3-1-4-11-21)12-9-19(27)25(16-7-6-13-23-15-17(16)26)31(29,30)18-8-2-5-14-24-18/h2,5,8-9,14,16-17,23,26H,1,3-4,6-7,10-13,15H2,(H2,22,28)/t16?,17-/m0/s1. The lowest BCUT2D eigenvalue weighted by Gasteiger charge is -2.36. The van der Waals surface area contributed by atoms with Crippen molar-refractivity contribution in [3.63, 3.8) is 0 Å². The second-order valence-corrected chi connectivity index (χ2v) is 10.2. The van der Waals surface area contributed by atoms with Crippen molar-refractivity contribution in [2.75, 3.05) is 13.1 Å². The molecular formula is C21H31N4O5S. The summed E-state index contributed by atoms with van der Waals surface area (Å²) in [6, 6.07) is 3.51. The zero-order chi connectivity index (χ0) is 22.5. The van der Waals surface area contributed by atoms with Crippen molar-refractivity contribution in [2.45, 2.75) is 68.5 Å². The molecule has 4 N–H and O–H groups in total. The lowest BCUT2D eigenvalue weighted by Crippen LogP contribution is -2.52. The molecule has 31 heavy (non-hydrogen) atoms. The molecule has 0 aromatic carbocycles. The van der Waals surface area contributed by atoms with Gasteiger partial charge in [0.2, 0.25) is 11.8 Å². The first-order chi connectivity index (χ1) is 14.8. The summed E-state index contributed by atoms with van der Waals surface area (Å²) in [6.45, 7) is 0.797. The Morgan fingerprint density at radius 1 is 1.26 bits per heavy atom. The van der Waals surface area contributed by atoms with Crippen LogP contribution in [-0.2, 0) is 19.6 Å². The number of carbonyl (C=O) groups excluding carboxylic acids is 2. The van der Waals surface area contributed by atoms with E-state index in [4.69, 9.17) is 5.73 Å². The largest absolute Gasteiger partial charge is 0.390 e. The Morgan fingerprint density at radius 2 is 2.00 bits per heavy atom. The van der Waals surface area contributed by atoms with Gasteiger partial charge in [0.25, 0.3) is 10.0 Å². The minimum atomic E-state index is -4.30. The fourth-order valence-corrected chi connectivity index (χ4v) is 6.06. The molecule has 1 saturated carbocycles. The van der Waals surface area contributed by atoms with Crippen LogP contribution >= 0.6 is 0 Å². The van der Waals surface area contributed by atoms with Gasteiger partial charge in [-0.3, -0.25) is 9.59 Å². The number of amides is 2. The minimum Gasteiger partial charge on any atom is -0.390 e. The summed E-state index contributed by atoms with van der Waals surface area (Å²) in [6.07, 6.45) is 6.39. The normalized spacial score (nSPS) is 24.2. The van der Waals surface area contributed by atoms with Gasteiger partial charge < -0.3 is 16.2 Å². The molecule has 2 heterocycles. The van der Waals surface area contributed by atoms with E-state index in [9.17, 15) is 23.1 Å². The maximum Gasteiger partial charge on any atom is 0.284 e. The third-order valence-electron chi connectivity index (χ3n) is 6.33. The fourth-order valence-electron chi connectivity index (χ4n) is 4.50. The minimum absolute atomic E-state index is 0.0798. The van der Waals surface area contributed by atoms with Gasteiger partial charge in [-0.1, -0.05) is 25.3 Å². The molecule has 9 nitrogen and oxygen atoms in total. The van der Waals surface area contributed by atoms with Crippen LogP contribution in [0.3, 0.4) is 0 Å². The van der Waals surface area contributed by atoms with E-state index in [0.717, 1.165) is 23.6 Å². The van der Waals surface area contributed by atoms with E-state index in [2.05, 4.69) is 10.3 Å². The molecule has 1 unspecified atom stereocenters. The molecule has 2 fully saturated rings. The van der Waals surface area contributed by atoms with E-state index in [-0.39, 0.29) is 18.0 Å². The Hall–Kier alpha value is -2.04. The van der Waals surface area contributed by atoms with Crippen molar-refractivity contribution in [3.05, 3.63) is 30.8 Å². The van der Waals surface area contributed by atoms with Gasteiger partial charge in [0, 0.05) is 18.2 Å². The number of nitrogens with zero attached hydrogens (tertiary/aromatic N) is 2. The van der Waals surface area contributed by atoms with Crippen molar-refractivity contribution < 1.29 is 23.1 Å². The van der Waals surface area contributed by atoms with Crippen molar-refractivity contribution in [3.8, 4) is 0 Å². The van der Waals surface area contributed by atoms with Gasteiger partial charge >= 0.3 is 0 Å². The molecule has 171 valence electrons. The molecule has 1 aliphatic heterocycles. The number of nitrogens with two attached hydrogens (primary N) is 1. The van der Waals surface area contributed by atoms with E-state index in [1.165, 1.54) is 24.8 Å². The lowest BCUT2D eigenvalue weighted by molar-refractivity contribution is -0.130. The van der Waals surface area contributed by atoms with Gasteiger partial charge in [-0.05, 0) is 50.8 Å². The highest BCUT2D eigenvalue weighted by molar-refractivity contribution is 7.89. The molecule has 2 atom stereocenters. The van der Waals surface area contributed by atoms with Crippen molar-refractivity contribution in [2.24, 2.45) is 11.1 Å². The molecule has 2 amide bonds. The highest BCUT2D eigenvalue weighted by Gasteiger charge is 2.43. The molecule has 0 spiro atoms. The van der Waals surface area contributed by atoms with E-state index in [0.29, 0.717) is 32.2 Å². The summed E-state index contributed by atoms with van der Waals surface area (Å²) in [5, 5.41) is 13.4. The SMILES string of the molecule is NC(=O)C1(C[CH]C(=O)N(C2CCCNC[C@@H]2O)S(=O)(=O)c2ccccn2)CCCCC1. The van der Waals surface area contributed by atoms with E-state index in [1.807, 2.05) is 0 Å². The summed E-state index contributed by atoms with van der Waals surface area (Å²) in [5.41, 5.74) is 4.83. The second kappa shape index (κ2) is 10.1. The number of rotatable bonds is 7. The number of aliphatic hydroxyl groups is 1. The van der Waals surface area contributed by atoms with Gasteiger partial charge in [-0.2, -0.15) is 8.42 Å². The molecule has 1 aromatic heterocycles. The van der Waals surface area contributed by atoms with E-state index in [1.54, 1.807) is 6.07 Å². The monoisotopic (exact) mass is 451 g/mol. The number of aliphatic hydroxyl groups excluding tert-OH is 1. The van der Waals surface area contributed by atoms with E-state index < -0.39 is 39.4 Å². The highest BCUT2D eigenvalue weighted by atomic mass is 32.2. The van der Waals surface area contributed by atoms with Crippen molar-refractivity contribution >= 4 is 21.8 Å². The molecule has 3 rings (SSSR count). The van der Waals surface area contributed by atoms with Gasteiger partial charge in [0.1, 0.15) is 0 Å².